The lowest BCUT2D eigenvalue weighted by Gasteiger charge is -2.18. The molecule has 1 fully saturated rings. The molecule has 162 valence electrons. The summed E-state index contributed by atoms with van der Waals surface area (Å²) in [7, 11) is 0. The van der Waals surface area contributed by atoms with Crippen LogP contribution in [0, 0.1) is 5.92 Å². The highest BCUT2D eigenvalue weighted by molar-refractivity contribution is 6.34. The van der Waals surface area contributed by atoms with Crippen molar-refractivity contribution >= 4 is 40.7 Å². The molecular formula is C24H26ClN3O3. The van der Waals surface area contributed by atoms with Crippen LogP contribution >= 0.6 is 11.6 Å². The molecule has 0 saturated carbocycles. The summed E-state index contributed by atoms with van der Waals surface area (Å²) in [6.07, 6.45) is 3.42. The standard InChI is InChI=1S/C24H26ClN3O3/c1-14(2)26-23(30)17-7-9-20(25)21(11-17)27-24(31)18-12-22(29)28(13-18)19-8-6-15-4-3-5-16(15)10-19/h6-11,14,18H,3-5,12-13H2,1-2H3,(H,26,30)(H,27,31). The quantitative estimate of drug-likeness (QED) is 0.740. The highest BCUT2D eigenvalue weighted by Crippen LogP contribution is 2.31. The summed E-state index contributed by atoms with van der Waals surface area (Å²) in [5, 5.41) is 5.96. The Bertz CT molecular complexity index is 1050. The van der Waals surface area contributed by atoms with Crippen molar-refractivity contribution in [3.8, 4) is 0 Å². The maximum atomic E-state index is 12.9. The minimum absolute atomic E-state index is 0.00378. The van der Waals surface area contributed by atoms with Crippen LogP contribution in [0.1, 0.15) is 48.2 Å². The Kier molecular flexibility index (Phi) is 6.01. The fourth-order valence-corrected chi connectivity index (χ4v) is 4.37. The summed E-state index contributed by atoms with van der Waals surface area (Å²) >= 11 is 6.24. The molecule has 31 heavy (non-hydrogen) atoms. The van der Waals surface area contributed by atoms with E-state index in [1.165, 1.54) is 11.1 Å². The van der Waals surface area contributed by atoms with Crippen LogP contribution in [0.15, 0.2) is 36.4 Å². The van der Waals surface area contributed by atoms with Crippen LogP contribution in [0.2, 0.25) is 5.02 Å². The first-order valence-corrected chi connectivity index (χ1v) is 11.0. The van der Waals surface area contributed by atoms with Gasteiger partial charge in [-0.25, -0.2) is 0 Å². The largest absolute Gasteiger partial charge is 0.350 e. The number of nitrogens with one attached hydrogen (secondary N) is 2. The zero-order valence-electron chi connectivity index (χ0n) is 17.7. The molecule has 0 spiro atoms. The zero-order valence-corrected chi connectivity index (χ0v) is 18.5. The predicted molar refractivity (Wildman–Crippen MR) is 122 cm³/mol. The molecule has 1 heterocycles. The monoisotopic (exact) mass is 439 g/mol. The summed E-state index contributed by atoms with van der Waals surface area (Å²) in [5.74, 6) is -1.06. The van der Waals surface area contributed by atoms with Gasteiger partial charge in [-0.15, -0.1) is 0 Å². The third-order valence-corrected chi connectivity index (χ3v) is 6.13. The van der Waals surface area contributed by atoms with Crippen LogP contribution in [0.25, 0.3) is 0 Å². The van der Waals surface area contributed by atoms with Gasteiger partial charge in [0.15, 0.2) is 0 Å². The van der Waals surface area contributed by atoms with E-state index in [2.05, 4.69) is 22.8 Å². The van der Waals surface area contributed by atoms with Crippen LogP contribution in [0.5, 0.6) is 0 Å². The summed E-state index contributed by atoms with van der Waals surface area (Å²) in [6, 6.07) is 10.9. The number of halogens is 1. The van der Waals surface area contributed by atoms with Gasteiger partial charge in [0, 0.05) is 30.3 Å². The Labute approximate surface area is 187 Å². The number of fused-ring (bicyclic) bond motifs is 1. The maximum Gasteiger partial charge on any atom is 0.251 e. The molecule has 2 aliphatic rings. The number of benzene rings is 2. The number of hydrogen-bond acceptors (Lipinski definition) is 3. The van der Waals surface area contributed by atoms with Crippen LogP contribution < -0.4 is 15.5 Å². The van der Waals surface area contributed by atoms with Gasteiger partial charge >= 0.3 is 0 Å². The molecule has 2 aromatic rings. The van der Waals surface area contributed by atoms with Gasteiger partial charge in [-0.2, -0.15) is 0 Å². The molecule has 0 bridgehead atoms. The predicted octanol–water partition coefficient (Wildman–Crippen LogP) is 3.96. The molecule has 3 amide bonds. The first-order chi connectivity index (χ1) is 14.8. The minimum atomic E-state index is -0.482. The fraction of sp³-hybridized carbons (Fsp3) is 0.375. The van der Waals surface area contributed by atoms with E-state index in [9.17, 15) is 14.4 Å². The Morgan fingerprint density at radius 1 is 1.10 bits per heavy atom. The van der Waals surface area contributed by atoms with Crippen molar-refractivity contribution < 1.29 is 14.4 Å². The molecule has 7 heteroatoms. The van der Waals surface area contributed by atoms with Gasteiger partial charge in [-0.05, 0) is 74.6 Å². The molecule has 1 atom stereocenters. The van der Waals surface area contributed by atoms with Gasteiger partial charge in [0.2, 0.25) is 11.8 Å². The third-order valence-electron chi connectivity index (χ3n) is 5.80. The highest BCUT2D eigenvalue weighted by atomic mass is 35.5. The van der Waals surface area contributed by atoms with Crippen molar-refractivity contribution in [1.82, 2.24) is 5.32 Å². The van der Waals surface area contributed by atoms with E-state index in [-0.39, 0.29) is 30.2 Å². The van der Waals surface area contributed by atoms with Gasteiger partial charge in [-0.1, -0.05) is 17.7 Å². The topological polar surface area (TPSA) is 78.5 Å². The summed E-state index contributed by atoms with van der Waals surface area (Å²) in [4.78, 5) is 39.5. The molecule has 1 aliphatic heterocycles. The van der Waals surface area contributed by atoms with Crippen LogP contribution in [-0.4, -0.2) is 30.3 Å². The molecule has 0 radical (unpaired) electrons. The lowest BCUT2D eigenvalue weighted by atomic mass is 10.1. The van der Waals surface area contributed by atoms with E-state index < -0.39 is 5.92 Å². The molecule has 4 rings (SSSR count). The van der Waals surface area contributed by atoms with E-state index in [1.54, 1.807) is 23.1 Å². The van der Waals surface area contributed by atoms with Gasteiger partial charge in [0.25, 0.3) is 5.91 Å². The Morgan fingerprint density at radius 2 is 1.87 bits per heavy atom. The van der Waals surface area contributed by atoms with Crippen molar-refractivity contribution in [2.75, 3.05) is 16.8 Å². The molecule has 2 aromatic carbocycles. The summed E-state index contributed by atoms with van der Waals surface area (Å²) in [5.41, 5.74) is 4.27. The van der Waals surface area contributed by atoms with Crippen molar-refractivity contribution in [3.63, 3.8) is 0 Å². The van der Waals surface area contributed by atoms with Gasteiger partial charge in [-0.3, -0.25) is 14.4 Å². The number of aryl methyl sites for hydroxylation is 2. The van der Waals surface area contributed by atoms with E-state index in [4.69, 9.17) is 11.6 Å². The Morgan fingerprint density at radius 3 is 2.65 bits per heavy atom. The summed E-state index contributed by atoms with van der Waals surface area (Å²) < 4.78 is 0. The normalized spacial score (nSPS) is 17.7. The van der Waals surface area contributed by atoms with E-state index in [1.807, 2.05) is 19.9 Å². The van der Waals surface area contributed by atoms with Gasteiger partial charge < -0.3 is 15.5 Å². The van der Waals surface area contributed by atoms with E-state index in [0.717, 1.165) is 24.9 Å². The first kappa shape index (κ1) is 21.4. The number of anilines is 2. The Hall–Kier alpha value is -2.86. The molecular weight excluding hydrogens is 414 g/mol. The van der Waals surface area contributed by atoms with Gasteiger partial charge in [0.05, 0.1) is 16.6 Å². The zero-order chi connectivity index (χ0) is 22.1. The molecule has 1 unspecified atom stereocenters. The van der Waals surface area contributed by atoms with Crippen LogP contribution in [0.4, 0.5) is 11.4 Å². The second kappa shape index (κ2) is 8.71. The van der Waals surface area contributed by atoms with Crippen molar-refractivity contribution in [2.45, 2.75) is 45.6 Å². The first-order valence-electron chi connectivity index (χ1n) is 10.7. The average Bonchev–Trinajstić information content (AvgIpc) is 3.34. The Balaban J connectivity index is 1.46. The summed E-state index contributed by atoms with van der Waals surface area (Å²) in [6.45, 7) is 4.08. The van der Waals surface area contributed by atoms with Crippen LogP contribution in [0.3, 0.4) is 0 Å². The maximum absolute atomic E-state index is 12.9. The number of nitrogens with zero attached hydrogens (tertiary/aromatic N) is 1. The smallest absolute Gasteiger partial charge is 0.251 e. The fourth-order valence-electron chi connectivity index (χ4n) is 4.20. The number of carbonyl (C=O) groups excluding carboxylic acids is 3. The highest BCUT2D eigenvalue weighted by Gasteiger charge is 2.35. The SMILES string of the molecule is CC(C)NC(=O)c1ccc(Cl)c(NC(=O)C2CC(=O)N(c3ccc4c(c3)CCC4)C2)c1. The number of amides is 3. The van der Waals surface area contributed by atoms with Crippen LogP contribution in [-0.2, 0) is 22.4 Å². The van der Waals surface area contributed by atoms with Crippen molar-refractivity contribution in [2.24, 2.45) is 5.92 Å². The molecule has 2 N–H and O–H groups in total. The molecule has 1 aliphatic carbocycles. The van der Waals surface area contributed by atoms with Crippen molar-refractivity contribution in [1.29, 1.82) is 0 Å². The van der Waals surface area contributed by atoms with E-state index >= 15 is 0 Å². The lowest BCUT2D eigenvalue weighted by Crippen LogP contribution is -2.30. The van der Waals surface area contributed by atoms with Gasteiger partial charge in [0.1, 0.15) is 0 Å². The minimum Gasteiger partial charge on any atom is -0.350 e. The van der Waals surface area contributed by atoms with Crippen molar-refractivity contribution in [3.05, 3.63) is 58.1 Å². The number of hydrogen-bond donors (Lipinski definition) is 2. The second-order valence-electron chi connectivity index (χ2n) is 8.52. The third kappa shape index (κ3) is 4.59. The molecule has 1 saturated heterocycles. The molecule has 0 aromatic heterocycles. The lowest BCUT2D eigenvalue weighted by molar-refractivity contribution is -0.122. The number of rotatable bonds is 5. The van der Waals surface area contributed by atoms with E-state index in [0.29, 0.717) is 22.8 Å². The second-order valence-corrected chi connectivity index (χ2v) is 8.93. The average molecular weight is 440 g/mol. The molecule has 6 nitrogen and oxygen atoms in total. The number of carbonyl (C=O) groups is 3.